The van der Waals surface area contributed by atoms with E-state index in [0.29, 0.717) is 37.1 Å². The maximum atomic E-state index is 13.1. The molecule has 3 heterocycles. The van der Waals surface area contributed by atoms with Gasteiger partial charge in [-0.05, 0) is 43.0 Å². The molecular weight excluding hydrogens is 434 g/mol. The highest BCUT2D eigenvalue weighted by Crippen LogP contribution is 2.29. The second kappa shape index (κ2) is 9.17. The summed E-state index contributed by atoms with van der Waals surface area (Å²) in [7, 11) is -3.48. The second-order valence-corrected chi connectivity index (χ2v) is 11.8. The van der Waals surface area contributed by atoms with Crippen molar-refractivity contribution in [3.8, 4) is 0 Å². The predicted molar refractivity (Wildman–Crippen MR) is 123 cm³/mol. The van der Waals surface area contributed by atoms with Crippen molar-refractivity contribution in [3.63, 3.8) is 0 Å². The van der Waals surface area contributed by atoms with Gasteiger partial charge in [-0.2, -0.15) is 4.31 Å². The third kappa shape index (κ3) is 5.13. The van der Waals surface area contributed by atoms with E-state index in [-0.39, 0.29) is 6.04 Å². The number of thiophene rings is 1. The van der Waals surface area contributed by atoms with E-state index in [0.717, 1.165) is 30.9 Å². The first-order chi connectivity index (χ1) is 14.7. The van der Waals surface area contributed by atoms with Crippen molar-refractivity contribution in [1.82, 2.24) is 9.21 Å². The summed E-state index contributed by atoms with van der Waals surface area (Å²) in [4.78, 5) is 4.66. The van der Waals surface area contributed by atoms with E-state index in [1.54, 1.807) is 35.7 Å². The van der Waals surface area contributed by atoms with Gasteiger partial charge in [0, 0.05) is 45.0 Å². The number of anilines is 1. The van der Waals surface area contributed by atoms with Gasteiger partial charge in [0.15, 0.2) is 0 Å². The van der Waals surface area contributed by atoms with Gasteiger partial charge >= 0.3 is 0 Å². The van der Waals surface area contributed by atoms with Gasteiger partial charge in [-0.15, -0.1) is 11.3 Å². The van der Waals surface area contributed by atoms with Crippen LogP contribution in [0, 0.1) is 0 Å². The lowest BCUT2D eigenvalue weighted by atomic mass is 9.98. The van der Waals surface area contributed by atoms with Gasteiger partial charge in [0.1, 0.15) is 4.21 Å². The molecule has 170 valence electrons. The zero-order valence-corrected chi connectivity index (χ0v) is 19.7. The minimum atomic E-state index is -3.48. The Bertz CT molecular complexity index is 950. The van der Waals surface area contributed by atoms with Crippen molar-refractivity contribution >= 4 is 27.0 Å². The first kappa shape index (κ1) is 22.7. The summed E-state index contributed by atoms with van der Waals surface area (Å²) in [5, 5.41) is 12.1. The normalized spacial score (nSPS) is 22.0. The zero-order chi connectivity index (χ0) is 22.1. The number of morpholine rings is 1. The maximum absolute atomic E-state index is 13.1. The largest absolute Gasteiger partial charge is 0.386 e. The van der Waals surface area contributed by atoms with E-state index < -0.39 is 15.6 Å². The van der Waals surface area contributed by atoms with Crippen LogP contribution < -0.4 is 4.90 Å². The van der Waals surface area contributed by atoms with E-state index in [9.17, 15) is 13.5 Å². The summed E-state index contributed by atoms with van der Waals surface area (Å²) >= 11 is 1.27. The molecule has 0 radical (unpaired) electrons. The van der Waals surface area contributed by atoms with Crippen molar-refractivity contribution < 1.29 is 18.3 Å². The molecule has 1 aromatic heterocycles. The number of rotatable bonds is 6. The minimum absolute atomic E-state index is 0.0366. The molecule has 0 aliphatic carbocycles. The Morgan fingerprint density at radius 1 is 1.10 bits per heavy atom. The molecule has 0 unspecified atom stereocenters. The molecule has 0 saturated carbocycles. The standard InChI is InChI=1S/C22H31N3O4S2/c1-22(2,26)18-5-7-19(8-6-18)25-10-9-24(31(27,28)21-4-3-15-30-21)17-20(25)16-23-11-13-29-14-12-23/h3-8,15,20,26H,9-14,16-17H2,1-2H3/t20-/m1/s1. The number of aliphatic hydroxyl groups is 1. The second-order valence-electron chi connectivity index (χ2n) is 8.66. The summed E-state index contributed by atoms with van der Waals surface area (Å²) in [5.74, 6) is 0. The van der Waals surface area contributed by atoms with Gasteiger partial charge in [0.25, 0.3) is 10.0 Å². The van der Waals surface area contributed by atoms with Crippen LogP contribution in [0.3, 0.4) is 0 Å². The number of nitrogens with zero attached hydrogens (tertiary/aromatic N) is 3. The molecule has 0 spiro atoms. The molecule has 2 aliphatic rings. The molecule has 2 saturated heterocycles. The van der Waals surface area contributed by atoms with Crippen LogP contribution in [-0.4, -0.2) is 81.3 Å². The van der Waals surface area contributed by atoms with Crippen LogP contribution in [0.15, 0.2) is 46.0 Å². The fourth-order valence-corrected chi connectivity index (χ4v) is 6.83. The average Bonchev–Trinajstić information content (AvgIpc) is 3.30. The number of piperazine rings is 1. The molecule has 1 atom stereocenters. The van der Waals surface area contributed by atoms with Gasteiger partial charge in [0.05, 0.1) is 24.9 Å². The lowest BCUT2D eigenvalue weighted by Gasteiger charge is -2.44. The van der Waals surface area contributed by atoms with Crippen LogP contribution in [0.2, 0.25) is 0 Å². The Balaban J connectivity index is 1.57. The Morgan fingerprint density at radius 3 is 2.42 bits per heavy atom. The summed E-state index contributed by atoms with van der Waals surface area (Å²) in [5.41, 5.74) is 1.03. The van der Waals surface area contributed by atoms with Crippen LogP contribution in [0.25, 0.3) is 0 Å². The molecule has 9 heteroatoms. The first-order valence-electron chi connectivity index (χ1n) is 10.7. The Hall–Kier alpha value is -1.49. The van der Waals surface area contributed by atoms with Crippen molar-refractivity contribution in [2.45, 2.75) is 29.7 Å². The summed E-state index contributed by atoms with van der Waals surface area (Å²) in [6, 6.07) is 11.5. The van der Waals surface area contributed by atoms with Crippen molar-refractivity contribution in [3.05, 3.63) is 47.3 Å². The van der Waals surface area contributed by atoms with Gasteiger partial charge < -0.3 is 14.7 Å². The van der Waals surface area contributed by atoms with Crippen LogP contribution in [0.5, 0.6) is 0 Å². The van der Waals surface area contributed by atoms with Crippen LogP contribution in [0.1, 0.15) is 19.4 Å². The van der Waals surface area contributed by atoms with Crippen LogP contribution in [-0.2, 0) is 20.4 Å². The van der Waals surface area contributed by atoms with Gasteiger partial charge in [-0.25, -0.2) is 8.42 Å². The van der Waals surface area contributed by atoms with E-state index in [2.05, 4.69) is 9.80 Å². The number of hydrogen-bond acceptors (Lipinski definition) is 7. The van der Waals surface area contributed by atoms with Crippen LogP contribution in [0.4, 0.5) is 5.69 Å². The van der Waals surface area contributed by atoms with E-state index in [1.807, 2.05) is 24.3 Å². The van der Waals surface area contributed by atoms with Crippen molar-refractivity contribution in [2.24, 2.45) is 0 Å². The van der Waals surface area contributed by atoms with Crippen molar-refractivity contribution in [2.75, 3.05) is 57.4 Å². The molecule has 2 fully saturated rings. The molecule has 1 aromatic carbocycles. The highest BCUT2D eigenvalue weighted by Gasteiger charge is 2.36. The van der Waals surface area contributed by atoms with Crippen molar-refractivity contribution in [1.29, 1.82) is 0 Å². The monoisotopic (exact) mass is 465 g/mol. The molecule has 31 heavy (non-hydrogen) atoms. The Kier molecular flexibility index (Phi) is 6.71. The highest BCUT2D eigenvalue weighted by atomic mass is 32.2. The summed E-state index contributed by atoms with van der Waals surface area (Å²) in [6.07, 6.45) is 0. The fourth-order valence-electron chi connectivity index (χ4n) is 4.22. The Morgan fingerprint density at radius 2 is 1.81 bits per heavy atom. The molecule has 0 amide bonds. The highest BCUT2D eigenvalue weighted by molar-refractivity contribution is 7.91. The number of hydrogen-bond donors (Lipinski definition) is 1. The molecular formula is C22H31N3O4S2. The third-order valence-corrected chi connectivity index (χ3v) is 9.25. The number of ether oxygens (including phenoxy) is 1. The smallest absolute Gasteiger partial charge is 0.252 e. The van der Waals surface area contributed by atoms with E-state index >= 15 is 0 Å². The van der Waals surface area contributed by atoms with Gasteiger partial charge in [-0.3, -0.25) is 4.90 Å². The molecule has 4 rings (SSSR count). The molecule has 2 aromatic rings. The van der Waals surface area contributed by atoms with Gasteiger partial charge in [0.2, 0.25) is 0 Å². The van der Waals surface area contributed by atoms with Crippen LogP contribution >= 0.6 is 11.3 Å². The first-order valence-corrected chi connectivity index (χ1v) is 13.0. The number of benzene rings is 1. The predicted octanol–water partition coefficient (Wildman–Crippen LogP) is 2.19. The lowest BCUT2D eigenvalue weighted by molar-refractivity contribution is 0.0332. The fraction of sp³-hybridized carbons (Fsp3) is 0.545. The zero-order valence-electron chi connectivity index (χ0n) is 18.1. The summed E-state index contributed by atoms with van der Waals surface area (Å²) < 4.78 is 33.8. The van der Waals surface area contributed by atoms with E-state index in [4.69, 9.17) is 4.74 Å². The molecule has 2 aliphatic heterocycles. The maximum Gasteiger partial charge on any atom is 0.252 e. The topological polar surface area (TPSA) is 73.3 Å². The lowest BCUT2D eigenvalue weighted by Crippen LogP contribution is -2.59. The molecule has 1 N–H and O–H groups in total. The van der Waals surface area contributed by atoms with Gasteiger partial charge in [-0.1, -0.05) is 18.2 Å². The summed E-state index contributed by atoms with van der Waals surface area (Å²) in [6.45, 7) is 9.01. The Labute approximate surface area is 188 Å². The SMILES string of the molecule is CC(C)(O)c1ccc(N2CCN(S(=O)(=O)c3cccs3)C[C@H]2CN2CCOCC2)cc1. The molecule has 0 bridgehead atoms. The third-order valence-electron chi connectivity index (χ3n) is 6.01. The number of sulfonamides is 1. The molecule has 7 nitrogen and oxygen atoms in total. The minimum Gasteiger partial charge on any atom is -0.386 e. The van der Waals surface area contributed by atoms with E-state index in [1.165, 1.54) is 11.3 Å². The average molecular weight is 466 g/mol. The quantitative estimate of drug-likeness (QED) is 0.705.